The lowest BCUT2D eigenvalue weighted by Crippen LogP contribution is -2.47. The van der Waals surface area contributed by atoms with E-state index in [1.54, 1.807) is 0 Å². The van der Waals surface area contributed by atoms with Gasteiger partial charge in [-0.25, -0.2) is 4.98 Å². The molecule has 0 saturated carbocycles. The van der Waals surface area contributed by atoms with E-state index in [2.05, 4.69) is 73.0 Å². The second kappa shape index (κ2) is 8.42. The molecule has 0 N–H and O–H groups in total. The van der Waals surface area contributed by atoms with E-state index in [1.165, 1.54) is 51.4 Å². The van der Waals surface area contributed by atoms with Crippen LogP contribution in [0.3, 0.4) is 0 Å². The molecule has 0 unspecified atom stereocenters. The van der Waals surface area contributed by atoms with Crippen molar-refractivity contribution in [2.75, 3.05) is 36.0 Å². The zero-order valence-electron chi connectivity index (χ0n) is 20.4. The second-order valence-corrected chi connectivity index (χ2v) is 9.81. The molecule has 1 fully saturated rings. The Kier molecular flexibility index (Phi) is 5.24. The molecule has 6 heteroatoms. The first-order valence-corrected chi connectivity index (χ1v) is 12.5. The van der Waals surface area contributed by atoms with E-state index in [0.29, 0.717) is 0 Å². The van der Waals surface area contributed by atoms with Crippen molar-refractivity contribution in [3.05, 3.63) is 81.8 Å². The first kappa shape index (κ1) is 21.1. The molecule has 0 radical (unpaired) electrons. The van der Waals surface area contributed by atoms with Crippen LogP contribution in [0, 0.1) is 20.8 Å². The predicted octanol–water partition coefficient (Wildman–Crippen LogP) is 4.46. The van der Waals surface area contributed by atoms with Gasteiger partial charge in [-0.3, -0.25) is 0 Å². The Balaban J connectivity index is 1.31. The molecule has 0 atom stereocenters. The highest BCUT2D eigenvalue weighted by Crippen LogP contribution is 2.32. The molecule has 0 spiro atoms. The Morgan fingerprint density at radius 2 is 1.59 bits per heavy atom. The Morgan fingerprint density at radius 1 is 0.824 bits per heavy atom. The molecule has 34 heavy (non-hydrogen) atoms. The van der Waals surface area contributed by atoms with E-state index < -0.39 is 0 Å². The highest BCUT2D eigenvalue weighted by molar-refractivity contribution is 5.60. The Morgan fingerprint density at radius 3 is 2.38 bits per heavy atom. The first-order valence-electron chi connectivity index (χ1n) is 12.5. The summed E-state index contributed by atoms with van der Waals surface area (Å²) in [5, 5.41) is 4.97. The van der Waals surface area contributed by atoms with Crippen molar-refractivity contribution in [3.63, 3.8) is 0 Å². The molecule has 174 valence electrons. The van der Waals surface area contributed by atoms with Gasteiger partial charge in [0.25, 0.3) is 5.78 Å². The summed E-state index contributed by atoms with van der Waals surface area (Å²) >= 11 is 0. The van der Waals surface area contributed by atoms with Crippen LogP contribution >= 0.6 is 0 Å². The maximum absolute atomic E-state index is 4.97. The predicted molar refractivity (Wildman–Crippen MR) is 137 cm³/mol. The third-order valence-electron chi connectivity index (χ3n) is 7.51. The van der Waals surface area contributed by atoms with E-state index >= 15 is 0 Å². The fourth-order valence-electron chi connectivity index (χ4n) is 5.43. The minimum absolute atomic E-state index is 0.730. The molecule has 1 aliphatic heterocycles. The van der Waals surface area contributed by atoms with Gasteiger partial charge in [0.05, 0.1) is 5.69 Å². The summed E-state index contributed by atoms with van der Waals surface area (Å²) in [5.41, 5.74) is 9.21. The normalized spacial score (nSPS) is 15.9. The summed E-state index contributed by atoms with van der Waals surface area (Å²) in [6.45, 7) is 10.5. The van der Waals surface area contributed by atoms with Gasteiger partial charge < -0.3 is 9.80 Å². The van der Waals surface area contributed by atoms with Crippen LogP contribution in [0.5, 0.6) is 0 Å². The summed E-state index contributed by atoms with van der Waals surface area (Å²) in [5.74, 6) is 2.81. The van der Waals surface area contributed by atoms with Crippen LogP contribution in [0.2, 0.25) is 0 Å². The number of aromatic nitrogens is 4. The molecule has 1 saturated heterocycles. The Bertz CT molecular complexity index is 1350. The van der Waals surface area contributed by atoms with Crippen LogP contribution in [0.25, 0.3) is 5.78 Å². The van der Waals surface area contributed by atoms with E-state index in [1.807, 2.05) is 4.52 Å². The average molecular weight is 453 g/mol. The van der Waals surface area contributed by atoms with Gasteiger partial charge in [-0.1, -0.05) is 42.0 Å². The van der Waals surface area contributed by atoms with Crippen LogP contribution in [-0.2, 0) is 19.3 Å². The van der Waals surface area contributed by atoms with Crippen molar-refractivity contribution >= 4 is 17.3 Å². The van der Waals surface area contributed by atoms with Crippen molar-refractivity contribution in [1.29, 1.82) is 0 Å². The fraction of sp³-hybridized carbons (Fsp3) is 0.393. The van der Waals surface area contributed by atoms with Crippen LogP contribution in [-0.4, -0.2) is 45.8 Å². The number of rotatable bonds is 4. The number of benzene rings is 2. The van der Waals surface area contributed by atoms with Gasteiger partial charge in [0, 0.05) is 43.9 Å². The molecular weight excluding hydrogens is 420 g/mol. The van der Waals surface area contributed by atoms with Gasteiger partial charge in [0.15, 0.2) is 5.82 Å². The standard InChI is InChI=1S/C28H32N6/c1-19-10-12-22(13-11-19)18-26-30-28-29-24-8-5-7-23(24)27(34(28)31-26)33-16-14-32(15-17-33)25-9-4-6-20(2)21(25)3/h4,6,9-13H,5,7-8,14-18H2,1-3H3. The maximum atomic E-state index is 4.97. The van der Waals surface area contributed by atoms with Crippen molar-refractivity contribution in [2.24, 2.45) is 0 Å². The van der Waals surface area contributed by atoms with Crippen molar-refractivity contribution in [1.82, 2.24) is 19.6 Å². The first-order chi connectivity index (χ1) is 16.6. The lowest BCUT2D eigenvalue weighted by molar-refractivity contribution is 0.634. The Labute approximate surface area is 201 Å². The van der Waals surface area contributed by atoms with Gasteiger partial charge in [-0.05, 0) is 62.8 Å². The lowest BCUT2D eigenvalue weighted by atomic mass is 10.1. The number of anilines is 2. The van der Waals surface area contributed by atoms with Crippen LogP contribution in [0.4, 0.5) is 11.5 Å². The topological polar surface area (TPSA) is 49.6 Å². The lowest BCUT2D eigenvalue weighted by Gasteiger charge is -2.38. The quantitative estimate of drug-likeness (QED) is 0.458. The number of hydrogen-bond acceptors (Lipinski definition) is 5. The zero-order chi connectivity index (χ0) is 23.2. The smallest absolute Gasteiger partial charge is 0.254 e. The van der Waals surface area contributed by atoms with Crippen molar-refractivity contribution < 1.29 is 0 Å². The average Bonchev–Trinajstić information content (AvgIpc) is 3.47. The minimum Gasteiger partial charge on any atom is -0.368 e. The minimum atomic E-state index is 0.730. The third-order valence-corrected chi connectivity index (χ3v) is 7.51. The molecular formula is C28H32N6. The molecule has 1 aliphatic carbocycles. The van der Waals surface area contributed by atoms with Gasteiger partial charge in [0.2, 0.25) is 0 Å². The number of piperazine rings is 1. The Hall–Kier alpha value is -3.41. The summed E-state index contributed by atoms with van der Waals surface area (Å²) in [6.07, 6.45) is 4.02. The van der Waals surface area contributed by atoms with E-state index in [9.17, 15) is 0 Å². The number of aryl methyl sites for hydroxylation is 3. The van der Waals surface area contributed by atoms with Gasteiger partial charge in [0.1, 0.15) is 5.82 Å². The number of hydrogen-bond donors (Lipinski definition) is 0. The molecule has 4 aromatic rings. The largest absolute Gasteiger partial charge is 0.368 e. The molecule has 6 nitrogen and oxygen atoms in total. The second-order valence-electron chi connectivity index (χ2n) is 9.81. The molecule has 0 bridgehead atoms. The van der Waals surface area contributed by atoms with Gasteiger partial charge >= 0.3 is 0 Å². The SMILES string of the molecule is Cc1ccc(Cc2nc3nc4c(c(N5CCN(c6cccc(C)c6C)CC5)n3n2)CCC4)cc1. The molecule has 3 heterocycles. The number of nitrogens with zero attached hydrogens (tertiary/aromatic N) is 6. The maximum Gasteiger partial charge on any atom is 0.254 e. The highest BCUT2D eigenvalue weighted by Gasteiger charge is 2.28. The molecule has 0 amide bonds. The third kappa shape index (κ3) is 3.71. The monoisotopic (exact) mass is 452 g/mol. The van der Waals surface area contributed by atoms with Gasteiger partial charge in [-0.15, -0.1) is 5.10 Å². The van der Waals surface area contributed by atoms with Crippen LogP contribution < -0.4 is 9.80 Å². The van der Waals surface area contributed by atoms with E-state index in [4.69, 9.17) is 15.1 Å². The summed E-state index contributed by atoms with van der Waals surface area (Å²) in [7, 11) is 0. The van der Waals surface area contributed by atoms with Gasteiger partial charge in [-0.2, -0.15) is 9.50 Å². The summed E-state index contributed by atoms with van der Waals surface area (Å²) in [4.78, 5) is 14.8. The van der Waals surface area contributed by atoms with Crippen molar-refractivity contribution in [3.8, 4) is 0 Å². The van der Waals surface area contributed by atoms with Crippen LogP contribution in [0.1, 0.15) is 45.8 Å². The molecule has 2 aromatic carbocycles. The molecule has 2 aromatic heterocycles. The zero-order valence-corrected chi connectivity index (χ0v) is 20.4. The molecule has 6 rings (SSSR count). The van der Waals surface area contributed by atoms with Crippen LogP contribution in [0.15, 0.2) is 42.5 Å². The van der Waals surface area contributed by atoms with E-state index in [-0.39, 0.29) is 0 Å². The summed E-state index contributed by atoms with van der Waals surface area (Å²) < 4.78 is 2.03. The highest BCUT2D eigenvalue weighted by atomic mass is 15.4. The van der Waals surface area contributed by atoms with Crippen molar-refractivity contribution in [2.45, 2.75) is 46.5 Å². The number of fused-ring (bicyclic) bond motifs is 2. The molecule has 2 aliphatic rings. The van der Waals surface area contributed by atoms with E-state index in [0.717, 1.165) is 57.0 Å². The fourth-order valence-corrected chi connectivity index (χ4v) is 5.43. The summed E-state index contributed by atoms with van der Waals surface area (Å²) in [6, 6.07) is 15.3.